The first kappa shape index (κ1) is 21.2. The van der Waals surface area contributed by atoms with Crippen LogP contribution in [-0.4, -0.2) is 41.7 Å². The molecule has 3 aliphatic heterocycles. The normalized spacial score (nSPS) is 20.1. The van der Waals surface area contributed by atoms with Crippen LogP contribution in [0.15, 0.2) is 72.8 Å². The van der Waals surface area contributed by atoms with Gasteiger partial charge in [0.05, 0.1) is 6.10 Å². The van der Waals surface area contributed by atoms with Crippen LogP contribution in [0.3, 0.4) is 0 Å². The number of hydrogen-bond donors (Lipinski definition) is 0. The van der Waals surface area contributed by atoms with Crippen molar-refractivity contribution in [3.8, 4) is 11.5 Å². The minimum absolute atomic E-state index is 0.0137. The molecule has 34 heavy (non-hydrogen) atoms. The summed E-state index contributed by atoms with van der Waals surface area (Å²) in [5.41, 5.74) is 4.03. The van der Waals surface area contributed by atoms with Gasteiger partial charge in [0, 0.05) is 37.3 Å². The first-order valence-corrected chi connectivity index (χ1v) is 11.9. The van der Waals surface area contributed by atoms with Gasteiger partial charge in [-0.25, -0.2) is 0 Å². The lowest BCUT2D eigenvalue weighted by Crippen LogP contribution is -2.39. The molecule has 0 bridgehead atoms. The Kier molecular flexibility index (Phi) is 5.69. The highest BCUT2D eigenvalue weighted by atomic mass is 16.7. The molecule has 6 heteroatoms. The summed E-state index contributed by atoms with van der Waals surface area (Å²) < 4.78 is 17.6. The monoisotopic (exact) mass is 456 g/mol. The van der Waals surface area contributed by atoms with Crippen LogP contribution in [0.5, 0.6) is 11.5 Å². The van der Waals surface area contributed by atoms with Crippen LogP contribution < -0.4 is 9.47 Å². The molecule has 1 amide bonds. The van der Waals surface area contributed by atoms with Crippen LogP contribution in [0.25, 0.3) is 0 Å². The van der Waals surface area contributed by atoms with Gasteiger partial charge in [-0.05, 0) is 42.2 Å². The van der Waals surface area contributed by atoms with Crippen molar-refractivity contribution in [3.63, 3.8) is 0 Å². The highest BCUT2D eigenvalue weighted by Crippen LogP contribution is 2.39. The van der Waals surface area contributed by atoms with Crippen molar-refractivity contribution in [3.05, 3.63) is 95.1 Å². The first-order valence-electron chi connectivity index (χ1n) is 11.9. The van der Waals surface area contributed by atoms with E-state index < -0.39 is 0 Å². The van der Waals surface area contributed by atoms with Crippen molar-refractivity contribution < 1.29 is 19.0 Å². The molecule has 1 saturated heterocycles. The Balaban J connectivity index is 1.16. The van der Waals surface area contributed by atoms with E-state index in [2.05, 4.69) is 35.2 Å². The fraction of sp³-hybridized carbons (Fsp3) is 0.321. The Morgan fingerprint density at radius 1 is 0.824 bits per heavy atom. The molecule has 0 aliphatic carbocycles. The van der Waals surface area contributed by atoms with E-state index in [1.165, 1.54) is 5.56 Å². The second-order valence-corrected chi connectivity index (χ2v) is 9.16. The molecule has 1 fully saturated rings. The van der Waals surface area contributed by atoms with Crippen LogP contribution in [0.1, 0.15) is 46.1 Å². The molecule has 174 valence electrons. The number of ether oxygens (including phenoxy) is 3. The zero-order valence-electron chi connectivity index (χ0n) is 19.1. The summed E-state index contributed by atoms with van der Waals surface area (Å²) in [6.07, 6.45) is 1.66. The summed E-state index contributed by atoms with van der Waals surface area (Å²) in [5, 5.41) is 0. The van der Waals surface area contributed by atoms with E-state index in [0.29, 0.717) is 6.54 Å². The topological polar surface area (TPSA) is 51.2 Å². The number of rotatable bonds is 6. The van der Waals surface area contributed by atoms with E-state index in [0.717, 1.165) is 60.7 Å². The van der Waals surface area contributed by atoms with Gasteiger partial charge < -0.3 is 19.1 Å². The number of fused-ring (bicyclic) bond motifs is 2. The molecule has 0 N–H and O–H groups in total. The smallest absolute Gasteiger partial charge is 0.256 e. The molecule has 3 aliphatic rings. The molecule has 3 aromatic carbocycles. The number of likely N-dealkylation sites (tertiary alicyclic amines) is 1. The number of piperidine rings is 1. The molecule has 0 saturated carbocycles. The average molecular weight is 457 g/mol. The fourth-order valence-corrected chi connectivity index (χ4v) is 5.10. The Bertz CT molecular complexity index is 1170. The summed E-state index contributed by atoms with van der Waals surface area (Å²) >= 11 is 0. The van der Waals surface area contributed by atoms with Crippen molar-refractivity contribution in [2.45, 2.75) is 38.3 Å². The SMILES string of the molecule is O=C1c2ccccc2[C@H](OC2CCN(Cc3ccccc3)CC2)N1Cc1ccc2c(c1)OCO2. The number of hydrogen-bond acceptors (Lipinski definition) is 5. The molecule has 0 unspecified atom stereocenters. The fourth-order valence-electron chi connectivity index (χ4n) is 5.10. The lowest BCUT2D eigenvalue weighted by atomic mass is 10.1. The van der Waals surface area contributed by atoms with Crippen LogP contribution in [0.4, 0.5) is 0 Å². The molecule has 0 spiro atoms. The highest BCUT2D eigenvalue weighted by molar-refractivity contribution is 5.98. The molecule has 0 radical (unpaired) electrons. The third-order valence-corrected chi connectivity index (χ3v) is 6.90. The number of amides is 1. The zero-order valence-corrected chi connectivity index (χ0v) is 19.1. The van der Waals surface area contributed by atoms with Crippen LogP contribution >= 0.6 is 0 Å². The second kappa shape index (κ2) is 9.12. The average Bonchev–Trinajstić information content (AvgIpc) is 3.44. The van der Waals surface area contributed by atoms with Gasteiger partial charge >= 0.3 is 0 Å². The molecule has 3 heterocycles. The number of nitrogens with zero attached hydrogens (tertiary/aromatic N) is 2. The number of carbonyl (C=O) groups is 1. The Morgan fingerprint density at radius 2 is 1.59 bits per heavy atom. The van der Waals surface area contributed by atoms with E-state index in [1.54, 1.807) is 0 Å². The molecule has 1 atom stereocenters. The number of benzene rings is 3. The van der Waals surface area contributed by atoms with Crippen LogP contribution in [0.2, 0.25) is 0 Å². The van der Waals surface area contributed by atoms with E-state index >= 15 is 0 Å². The minimum atomic E-state index is -0.375. The summed E-state index contributed by atoms with van der Waals surface area (Å²) in [4.78, 5) is 17.6. The molecule has 6 rings (SSSR count). The van der Waals surface area contributed by atoms with Crippen molar-refractivity contribution >= 4 is 5.91 Å². The van der Waals surface area contributed by atoms with E-state index in [-0.39, 0.29) is 25.0 Å². The van der Waals surface area contributed by atoms with Crippen molar-refractivity contribution in [1.29, 1.82) is 0 Å². The predicted octanol–water partition coefficient (Wildman–Crippen LogP) is 4.75. The summed E-state index contributed by atoms with van der Waals surface area (Å²) in [6, 6.07) is 24.3. The first-order chi connectivity index (χ1) is 16.7. The van der Waals surface area contributed by atoms with Gasteiger partial charge in [0.25, 0.3) is 5.91 Å². The van der Waals surface area contributed by atoms with E-state index in [9.17, 15) is 4.79 Å². The zero-order chi connectivity index (χ0) is 22.9. The van der Waals surface area contributed by atoms with Crippen LogP contribution in [-0.2, 0) is 17.8 Å². The van der Waals surface area contributed by atoms with E-state index in [4.69, 9.17) is 14.2 Å². The lowest BCUT2D eigenvalue weighted by Gasteiger charge is -2.35. The molecular weight excluding hydrogens is 428 g/mol. The van der Waals surface area contributed by atoms with Gasteiger partial charge in [0.2, 0.25) is 6.79 Å². The minimum Gasteiger partial charge on any atom is -0.454 e. The molecule has 0 aromatic heterocycles. The molecule has 3 aromatic rings. The largest absolute Gasteiger partial charge is 0.454 e. The maximum absolute atomic E-state index is 13.3. The highest BCUT2D eigenvalue weighted by Gasteiger charge is 2.39. The van der Waals surface area contributed by atoms with Crippen molar-refractivity contribution in [2.75, 3.05) is 19.9 Å². The lowest BCUT2D eigenvalue weighted by molar-refractivity contribution is -0.102. The third-order valence-electron chi connectivity index (χ3n) is 6.90. The van der Waals surface area contributed by atoms with E-state index in [1.807, 2.05) is 47.4 Å². The van der Waals surface area contributed by atoms with Crippen LogP contribution in [0, 0.1) is 0 Å². The quantitative estimate of drug-likeness (QED) is 0.536. The molecule has 6 nitrogen and oxygen atoms in total. The predicted molar refractivity (Wildman–Crippen MR) is 127 cm³/mol. The van der Waals surface area contributed by atoms with Gasteiger partial charge in [-0.2, -0.15) is 0 Å². The maximum atomic E-state index is 13.3. The van der Waals surface area contributed by atoms with Crippen molar-refractivity contribution in [2.24, 2.45) is 0 Å². The Hall–Kier alpha value is -3.35. The number of carbonyl (C=O) groups excluding carboxylic acids is 1. The van der Waals surface area contributed by atoms with Gasteiger partial charge in [-0.3, -0.25) is 9.69 Å². The van der Waals surface area contributed by atoms with Gasteiger partial charge in [-0.1, -0.05) is 54.6 Å². The second-order valence-electron chi connectivity index (χ2n) is 9.16. The maximum Gasteiger partial charge on any atom is 0.256 e. The summed E-state index contributed by atoms with van der Waals surface area (Å²) in [6.45, 7) is 3.64. The summed E-state index contributed by atoms with van der Waals surface area (Å²) in [5.74, 6) is 1.49. The standard InChI is InChI=1S/C28H28N2O4/c31-27-23-8-4-5-9-24(23)28(30(27)18-21-10-11-25-26(16-21)33-19-32-25)34-22-12-14-29(15-13-22)17-20-6-2-1-3-7-20/h1-11,16,22,28H,12-15,17-19H2/t28-/m0/s1. The van der Waals surface area contributed by atoms with Gasteiger partial charge in [0.15, 0.2) is 17.7 Å². The molecular formula is C28H28N2O4. The Morgan fingerprint density at radius 3 is 2.44 bits per heavy atom. The summed E-state index contributed by atoms with van der Waals surface area (Å²) in [7, 11) is 0. The third kappa shape index (κ3) is 4.15. The van der Waals surface area contributed by atoms with Crippen molar-refractivity contribution in [1.82, 2.24) is 9.80 Å². The van der Waals surface area contributed by atoms with Gasteiger partial charge in [0.1, 0.15) is 0 Å². The van der Waals surface area contributed by atoms with Gasteiger partial charge in [-0.15, -0.1) is 0 Å². The Labute approximate surface area is 199 Å².